The molecule has 2 rings (SSSR count). The van der Waals surface area contributed by atoms with E-state index < -0.39 is 0 Å². The van der Waals surface area contributed by atoms with Crippen molar-refractivity contribution in [3.63, 3.8) is 0 Å². The average molecular weight is 173 g/mol. The molecule has 0 aliphatic heterocycles. The van der Waals surface area contributed by atoms with Crippen LogP contribution in [0.3, 0.4) is 0 Å². The molecular formula is C10H11N3. The van der Waals surface area contributed by atoms with Gasteiger partial charge in [0.1, 0.15) is 11.8 Å². The first-order valence-corrected chi connectivity index (χ1v) is 4.51. The van der Waals surface area contributed by atoms with Crippen LogP contribution >= 0.6 is 0 Å². The Morgan fingerprint density at radius 1 is 1.46 bits per heavy atom. The number of rotatable bonds is 2. The van der Waals surface area contributed by atoms with Crippen LogP contribution < -0.4 is 5.32 Å². The number of nitrogens with zero attached hydrogens (tertiary/aromatic N) is 2. The minimum Gasteiger partial charge on any atom is -0.381 e. The molecule has 3 nitrogen and oxygen atoms in total. The minimum absolute atomic E-state index is 0.471. The summed E-state index contributed by atoms with van der Waals surface area (Å²) in [6.45, 7) is 0. The van der Waals surface area contributed by atoms with Gasteiger partial charge in [0.2, 0.25) is 0 Å². The molecule has 0 saturated heterocycles. The number of nitrogens with one attached hydrogen (secondary N) is 1. The summed E-state index contributed by atoms with van der Waals surface area (Å²) in [5.41, 5.74) is 1.49. The summed E-state index contributed by atoms with van der Waals surface area (Å²) in [7, 11) is 0. The van der Waals surface area contributed by atoms with Crippen LogP contribution in [0, 0.1) is 11.3 Å². The molecule has 0 aromatic carbocycles. The molecule has 1 N–H and O–H groups in total. The summed E-state index contributed by atoms with van der Waals surface area (Å²) in [6, 6.07) is 6.26. The van der Waals surface area contributed by atoms with Gasteiger partial charge in [0.05, 0.1) is 11.9 Å². The van der Waals surface area contributed by atoms with Gasteiger partial charge < -0.3 is 5.32 Å². The highest BCUT2D eigenvalue weighted by molar-refractivity contribution is 5.43. The maximum Gasteiger partial charge on any atom is 0.140 e. The summed E-state index contributed by atoms with van der Waals surface area (Å²) < 4.78 is 0. The molecule has 66 valence electrons. The molecule has 1 saturated carbocycles. The highest BCUT2D eigenvalue weighted by atomic mass is 14.9. The number of pyridine rings is 1. The predicted octanol–water partition coefficient (Wildman–Crippen LogP) is 1.92. The number of anilines is 1. The minimum atomic E-state index is 0.471. The molecule has 0 radical (unpaired) electrons. The Labute approximate surface area is 77.4 Å². The third-order valence-corrected chi connectivity index (χ3v) is 2.35. The molecule has 1 heterocycles. The van der Waals surface area contributed by atoms with Gasteiger partial charge in [0.15, 0.2) is 0 Å². The van der Waals surface area contributed by atoms with Gasteiger partial charge >= 0.3 is 0 Å². The number of hydrogen-bond donors (Lipinski definition) is 1. The fourth-order valence-corrected chi connectivity index (χ4v) is 1.33. The standard InChI is InChI=1S/C10H11N3/c11-6-9-4-5-10(7-12-9)13-8-2-1-3-8/h4-5,7-8,13H,1-3H2. The highest BCUT2D eigenvalue weighted by Gasteiger charge is 2.16. The number of aromatic nitrogens is 1. The Bertz CT molecular complexity index is 319. The van der Waals surface area contributed by atoms with E-state index in [4.69, 9.17) is 5.26 Å². The molecule has 1 aliphatic rings. The van der Waals surface area contributed by atoms with Crippen LogP contribution in [0.25, 0.3) is 0 Å². The molecule has 0 unspecified atom stereocenters. The first-order chi connectivity index (χ1) is 6.38. The van der Waals surface area contributed by atoms with Crippen molar-refractivity contribution in [3.8, 4) is 6.07 Å². The lowest BCUT2D eigenvalue weighted by Crippen LogP contribution is -2.26. The third kappa shape index (κ3) is 1.78. The topological polar surface area (TPSA) is 48.7 Å². The molecule has 0 spiro atoms. The van der Waals surface area contributed by atoms with Gasteiger partial charge in [0, 0.05) is 6.04 Å². The van der Waals surface area contributed by atoms with Crippen LogP contribution in [0.5, 0.6) is 0 Å². The Hall–Kier alpha value is -1.56. The van der Waals surface area contributed by atoms with E-state index in [1.807, 2.05) is 12.1 Å². The molecule has 1 aromatic heterocycles. The second-order valence-electron chi connectivity index (χ2n) is 3.32. The van der Waals surface area contributed by atoms with Crippen LogP contribution in [0.4, 0.5) is 5.69 Å². The second-order valence-corrected chi connectivity index (χ2v) is 3.32. The fourth-order valence-electron chi connectivity index (χ4n) is 1.33. The quantitative estimate of drug-likeness (QED) is 0.743. The summed E-state index contributed by atoms with van der Waals surface area (Å²) in [5, 5.41) is 11.9. The van der Waals surface area contributed by atoms with Crippen molar-refractivity contribution in [2.24, 2.45) is 0 Å². The second kappa shape index (κ2) is 3.44. The van der Waals surface area contributed by atoms with Crippen molar-refractivity contribution in [1.82, 2.24) is 4.98 Å². The fraction of sp³-hybridized carbons (Fsp3) is 0.400. The van der Waals surface area contributed by atoms with Crippen molar-refractivity contribution in [3.05, 3.63) is 24.0 Å². The van der Waals surface area contributed by atoms with Gasteiger partial charge in [-0.15, -0.1) is 0 Å². The molecule has 0 atom stereocenters. The maximum absolute atomic E-state index is 8.53. The maximum atomic E-state index is 8.53. The molecule has 1 fully saturated rings. The van der Waals surface area contributed by atoms with Crippen molar-refractivity contribution >= 4 is 5.69 Å². The van der Waals surface area contributed by atoms with E-state index in [2.05, 4.69) is 10.3 Å². The predicted molar refractivity (Wildman–Crippen MR) is 50.2 cm³/mol. The zero-order valence-corrected chi connectivity index (χ0v) is 7.33. The summed E-state index contributed by atoms with van der Waals surface area (Å²) >= 11 is 0. The Morgan fingerprint density at radius 3 is 2.77 bits per heavy atom. The zero-order chi connectivity index (χ0) is 9.10. The summed E-state index contributed by atoms with van der Waals surface area (Å²) in [5.74, 6) is 0. The third-order valence-electron chi connectivity index (χ3n) is 2.35. The Kier molecular flexibility index (Phi) is 2.13. The summed E-state index contributed by atoms with van der Waals surface area (Å²) in [6.07, 6.45) is 5.54. The number of hydrogen-bond acceptors (Lipinski definition) is 3. The van der Waals surface area contributed by atoms with Crippen molar-refractivity contribution in [1.29, 1.82) is 5.26 Å². The van der Waals surface area contributed by atoms with Gasteiger partial charge in [-0.25, -0.2) is 4.98 Å². The SMILES string of the molecule is N#Cc1ccc(NC2CCC2)cn1. The molecule has 3 heteroatoms. The van der Waals surface area contributed by atoms with Crippen LogP contribution in [0.2, 0.25) is 0 Å². The van der Waals surface area contributed by atoms with Crippen LogP contribution in [-0.2, 0) is 0 Å². The zero-order valence-electron chi connectivity index (χ0n) is 7.33. The molecular weight excluding hydrogens is 162 g/mol. The molecule has 1 aliphatic carbocycles. The van der Waals surface area contributed by atoms with Gasteiger partial charge in [0.25, 0.3) is 0 Å². The van der Waals surface area contributed by atoms with Gasteiger partial charge in [-0.05, 0) is 31.4 Å². The van der Waals surface area contributed by atoms with E-state index in [-0.39, 0.29) is 0 Å². The first-order valence-electron chi connectivity index (χ1n) is 4.51. The molecule has 13 heavy (non-hydrogen) atoms. The Morgan fingerprint density at radius 2 is 2.31 bits per heavy atom. The van der Waals surface area contributed by atoms with E-state index in [1.54, 1.807) is 12.3 Å². The van der Waals surface area contributed by atoms with Gasteiger partial charge in [-0.2, -0.15) is 5.26 Å². The van der Waals surface area contributed by atoms with E-state index in [0.717, 1.165) is 5.69 Å². The van der Waals surface area contributed by atoms with E-state index >= 15 is 0 Å². The monoisotopic (exact) mass is 173 g/mol. The van der Waals surface area contributed by atoms with Crippen LogP contribution in [0.15, 0.2) is 18.3 Å². The molecule has 0 amide bonds. The van der Waals surface area contributed by atoms with Crippen LogP contribution in [-0.4, -0.2) is 11.0 Å². The number of nitriles is 1. The molecule has 1 aromatic rings. The van der Waals surface area contributed by atoms with Gasteiger partial charge in [-0.1, -0.05) is 0 Å². The van der Waals surface area contributed by atoms with Gasteiger partial charge in [-0.3, -0.25) is 0 Å². The molecule has 0 bridgehead atoms. The van der Waals surface area contributed by atoms with E-state index in [1.165, 1.54) is 19.3 Å². The Balaban J connectivity index is 2.01. The van der Waals surface area contributed by atoms with Crippen LogP contribution in [0.1, 0.15) is 25.0 Å². The van der Waals surface area contributed by atoms with Crippen molar-refractivity contribution in [2.75, 3.05) is 5.32 Å². The normalized spacial score (nSPS) is 15.9. The highest BCUT2D eigenvalue weighted by Crippen LogP contribution is 2.22. The first kappa shape index (κ1) is 8.06. The smallest absolute Gasteiger partial charge is 0.140 e. The summed E-state index contributed by atoms with van der Waals surface area (Å²) in [4.78, 5) is 3.99. The van der Waals surface area contributed by atoms with Crippen molar-refractivity contribution < 1.29 is 0 Å². The van der Waals surface area contributed by atoms with Crippen molar-refractivity contribution in [2.45, 2.75) is 25.3 Å². The average Bonchev–Trinajstić information content (AvgIpc) is 2.12. The lowest BCUT2D eigenvalue weighted by atomic mass is 9.93. The van der Waals surface area contributed by atoms with E-state index in [0.29, 0.717) is 11.7 Å². The lowest BCUT2D eigenvalue weighted by Gasteiger charge is -2.27. The largest absolute Gasteiger partial charge is 0.381 e. The van der Waals surface area contributed by atoms with E-state index in [9.17, 15) is 0 Å². The lowest BCUT2D eigenvalue weighted by molar-refractivity contribution is 0.445.